The van der Waals surface area contributed by atoms with E-state index in [1.165, 1.54) is 6.42 Å². The number of hydrogen-bond acceptors (Lipinski definition) is 2. The maximum Gasteiger partial charge on any atom is 0.241 e. The molecule has 1 saturated heterocycles. The van der Waals surface area contributed by atoms with Gasteiger partial charge in [-0.3, -0.25) is 9.59 Å². The van der Waals surface area contributed by atoms with Gasteiger partial charge in [0.05, 0.1) is 13.0 Å². The van der Waals surface area contributed by atoms with E-state index in [9.17, 15) is 9.59 Å². The first-order chi connectivity index (χ1) is 10.0. The van der Waals surface area contributed by atoms with Gasteiger partial charge in [0.25, 0.3) is 0 Å². The van der Waals surface area contributed by atoms with Gasteiger partial charge in [-0.1, -0.05) is 44.2 Å². The molecule has 0 unspecified atom stereocenters. The molecule has 4 heteroatoms. The molecular weight excluding hydrogens is 264 g/mol. The second kappa shape index (κ2) is 7.25. The molecule has 1 aliphatic heterocycles. The summed E-state index contributed by atoms with van der Waals surface area (Å²) in [6, 6.07) is 9.56. The molecule has 0 bridgehead atoms. The van der Waals surface area contributed by atoms with Crippen LogP contribution in [0.2, 0.25) is 0 Å². The number of amides is 2. The highest BCUT2D eigenvalue weighted by molar-refractivity contribution is 5.85. The average molecular weight is 288 g/mol. The molecular formula is C17H24N2O2. The van der Waals surface area contributed by atoms with Gasteiger partial charge < -0.3 is 10.2 Å². The smallest absolute Gasteiger partial charge is 0.241 e. The van der Waals surface area contributed by atoms with Crippen LogP contribution in [0.15, 0.2) is 30.3 Å². The fourth-order valence-electron chi connectivity index (χ4n) is 3.00. The molecule has 2 rings (SSSR count). The van der Waals surface area contributed by atoms with Crippen LogP contribution in [0.25, 0.3) is 0 Å². The minimum Gasteiger partial charge on any atom is -0.347 e. The Hall–Kier alpha value is -1.84. The van der Waals surface area contributed by atoms with Crippen LogP contribution in [0.3, 0.4) is 0 Å². The third-order valence-corrected chi connectivity index (χ3v) is 3.87. The van der Waals surface area contributed by atoms with Crippen molar-refractivity contribution >= 4 is 11.8 Å². The lowest BCUT2D eigenvalue weighted by Gasteiger charge is -2.35. The summed E-state index contributed by atoms with van der Waals surface area (Å²) in [6.45, 7) is 6.05. The van der Waals surface area contributed by atoms with E-state index in [1.54, 1.807) is 0 Å². The van der Waals surface area contributed by atoms with Gasteiger partial charge in [0.1, 0.15) is 0 Å². The van der Waals surface area contributed by atoms with Crippen LogP contribution in [-0.2, 0) is 16.0 Å². The number of piperidine rings is 1. The van der Waals surface area contributed by atoms with Crippen LogP contribution in [0.4, 0.5) is 0 Å². The van der Waals surface area contributed by atoms with Crippen molar-refractivity contribution in [1.82, 2.24) is 10.2 Å². The number of nitrogens with one attached hydrogen (secondary N) is 1. The first-order valence-electron chi connectivity index (χ1n) is 7.63. The molecule has 114 valence electrons. The summed E-state index contributed by atoms with van der Waals surface area (Å²) in [7, 11) is 0. The SMILES string of the molecule is C[C@@H]1C[C@H](C)CN(C(=O)CNC(=O)Cc2ccccc2)C1. The molecule has 1 aromatic carbocycles. The van der Waals surface area contributed by atoms with Gasteiger partial charge in [0.15, 0.2) is 0 Å². The molecule has 1 aromatic rings. The van der Waals surface area contributed by atoms with Crippen molar-refractivity contribution in [3.05, 3.63) is 35.9 Å². The normalized spacial score (nSPS) is 21.9. The molecule has 1 N–H and O–H groups in total. The first-order valence-corrected chi connectivity index (χ1v) is 7.63. The predicted octanol–water partition coefficient (Wildman–Crippen LogP) is 1.85. The van der Waals surface area contributed by atoms with E-state index in [-0.39, 0.29) is 18.4 Å². The zero-order valence-corrected chi connectivity index (χ0v) is 12.8. The number of nitrogens with zero attached hydrogens (tertiary/aromatic N) is 1. The Balaban J connectivity index is 1.77. The summed E-state index contributed by atoms with van der Waals surface area (Å²) in [6.07, 6.45) is 1.49. The maximum atomic E-state index is 12.2. The zero-order valence-electron chi connectivity index (χ0n) is 12.8. The molecule has 0 saturated carbocycles. The Kier molecular flexibility index (Phi) is 5.37. The van der Waals surface area contributed by atoms with Crippen LogP contribution in [0.1, 0.15) is 25.8 Å². The zero-order chi connectivity index (χ0) is 15.2. The van der Waals surface area contributed by atoms with E-state index in [0.717, 1.165) is 18.7 Å². The van der Waals surface area contributed by atoms with Crippen LogP contribution in [0.5, 0.6) is 0 Å². The molecule has 2 atom stereocenters. The lowest BCUT2D eigenvalue weighted by molar-refractivity contribution is -0.135. The first kappa shape index (κ1) is 15.5. The monoisotopic (exact) mass is 288 g/mol. The molecule has 0 radical (unpaired) electrons. The van der Waals surface area contributed by atoms with E-state index in [0.29, 0.717) is 18.3 Å². The Labute approximate surface area is 126 Å². The van der Waals surface area contributed by atoms with Crippen LogP contribution in [0, 0.1) is 11.8 Å². The van der Waals surface area contributed by atoms with Crippen molar-refractivity contribution in [2.45, 2.75) is 26.7 Å². The third-order valence-electron chi connectivity index (χ3n) is 3.87. The summed E-state index contributed by atoms with van der Waals surface area (Å²) in [5.41, 5.74) is 0.961. The van der Waals surface area contributed by atoms with Crippen molar-refractivity contribution < 1.29 is 9.59 Å². The maximum absolute atomic E-state index is 12.2. The Morgan fingerprint density at radius 1 is 1.14 bits per heavy atom. The van der Waals surface area contributed by atoms with E-state index < -0.39 is 0 Å². The Bertz CT molecular complexity index is 477. The van der Waals surface area contributed by atoms with Gasteiger partial charge in [0.2, 0.25) is 11.8 Å². The Morgan fingerprint density at radius 3 is 2.38 bits per heavy atom. The van der Waals surface area contributed by atoms with E-state index in [1.807, 2.05) is 35.2 Å². The molecule has 2 amide bonds. The summed E-state index contributed by atoms with van der Waals surface area (Å²) >= 11 is 0. The number of rotatable bonds is 4. The van der Waals surface area contributed by atoms with Gasteiger partial charge in [-0.25, -0.2) is 0 Å². The quantitative estimate of drug-likeness (QED) is 0.919. The number of benzene rings is 1. The summed E-state index contributed by atoms with van der Waals surface area (Å²) in [4.78, 5) is 25.9. The second-order valence-electron chi connectivity index (χ2n) is 6.18. The fraction of sp³-hybridized carbons (Fsp3) is 0.529. The van der Waals surface area contributed by atoms with Crippen molar-refractivity contribution in [2.75, 3.05) is 19.6 Å². The van der Waals surface area contributed by atoms with Gasteiger partial charge in [0, 0.05) is 13.1 Å². The Morgan fingerprint density at radius 2 is 1.76 bits per heavy atom. The summed E-state index contributed by atoms with van der Waals surface area (Å²) < 4.78 is 0. The summed E-state index contributed by atoms with van der Waals surface area (Å²) in [5, 5.41) is 2.73. The largest absolute Gasteiger partial charge is 0.347 e. The van der Waals surface area contributed by atoms with Gasteiger partial charge in [-0.2, -0.15) is 0 Å². The van der Waals surface area contributed by atoms with Crippen LogP contribution < -0.4 is 5.32 Å². The average Bonchev–Trinajstić information content (AvgIpc) is 2.45. The van der Waals surface area contributed by atoms with E-state index >= 15 is 0 Å². The molecule has 1 aliphatic rings. The van der Waals surface area contributed by atoms with Gasteiger partial charge >= 0.3 is 0 Å². The van der Waals surface area contributed by atoms with Crippen LogP contribution >= 0.6 is 0 Å². The van der Waals surface area contributed by atoms with Crippen LogP contribution in [-0.4, -0.2) is 36.3 Å². The predicted molar refractivity (Wildman–Crippen MR) is 82.7 cm³/mol. The number of hydrogen-bond donors (Lipinski definition) is 1. The molecule has 1 heterocycles. The standard InChI is InChI=1S/C17H24N2O2/c1-13-8-14(2)12-19(11-13)17(21)10-18-16(20)9-15-6-4-3-5-7-15/h3-7,13-14H,8-12H2,1-2H3,(H,18,20)/t13-,14+. The third kappa shape index (κ3) is 4.88. The second-order valence-corrected chi connectivity index (χ2v) is 6.18. The number of likely N-dealkylation sites (tertiary alicyclic amines) is 1. The number of carbonyl (C=O) groups is 2. The topological polar surface area (TPSA) is 49.4 Å². The molecule has 0 aromatic heterocycles. The van der Waals surface area contributed by atoms with Crippen molar-refractivity contribution in [2.24, 2.45) is 11.8 Å². The highest BCUT2D eigenvalue weighted by atomic mass is 16.2. The van der Waals surface area contributed by atoms with Crippen molar-refractivity contribution in [3.8, 4) is 0 Å². The molecule has 0 aliphatic carbocycles. The van der Waals surface area contributed by atoms with Crippen molar-refractivity contribution in [1.29, 1.82) is 0 Å². The summed E-state index contributed by atoms with van der Waals surface area (Å²) in [5.74, 6) is 0.998. The lowest BCUT2D eigenvalue weighted by Crippen LogP contribution is -2.47. The molecule has 21 heavy (non-hydrogen) atoms. The highest BCUT2D eigenvalue weighted by Gasteiger charge is 2.25. The van der Waals surface area contributed by atoms with E-state index in [4.69, 9.17) is 0 Å². The molecule has 4 nitrogen and oxygen atoms in total. The molecule has 1 fully saturated rings. The highest BCUT2D eigenvalue weighted by Crippen LogP contribution is 2.20. The fourth-order valence-corrected chi connectivity index (χ4v) is 3.00. The van der Waals surface area contributed by atoms with Gasteiger partial charge in [-0.05, 0) is 23.8 Å². The van der Waals surface area contributed by atoms with Gasteiger partial charge in [-0.15, -0.1) is 0 Å². The minimum absolute atomic E-state index is 0.0230. The lowest BCUT2D eigenvalue weighted by atomic mass is 9.92. The number of carbonyl (C=O) groups excluding carboxylic acids is 2. The molecule has 0 spiro atoms. The van der Waals surface area contributed by atoms with E-state index in [2.05, 4.69) is 19.2 Å². The minimum atomic E-state index is -0.104. The van der Waals surface area contributed by atoms with Crippen molar-refractivity contribution in [3.63, 3.8) is 0 Å².